The molecular formula is C13H25NO2. The predicted octanol–water partition coefficient (Wildman–Crippen LogP) is 2.45. The largest absolute Gasteiger partial charge is 0.466 e. The summed E-state index contributed by atoms with van der Waals surface area (Å²) in [6.45, 7) is 7.80. The maximum Gasteiger partial charge on any atom is 0.310 e. The summed E-state index contributed by atoms with van der Waals surface area (Å²) in [5.74, 6) is 0.123. The Morgan fingerprint density at radius 1 is 1.38 bits per heavy atom. The molecule has 1 heterocycles. The monoisotopic (exact) mass is 227 g/mol. The molecule has 1 rings (SSSR count). The highest BCUT2D eigenvalue weighted by Crippen LogP contribution is 2.18. The second-order valence-corrected chi connectivity index (χ2v) is 4.60. The molecule has 0 aromatic heterocycles. The van der Waals surface area contributed by atoms with E-state index in [1.807, 2.05) is 6.92 Å². The van der Waals surface area contributed by atoms with E-state index in [0.717, 1.165) is 32.5 Å². The number of esters is 1. The maximum atomic E-state index is 11.6. The fourth-order valence-corrected chi connectivity index (χ4v) is 2.30. The summed E-state index contributed by atoms with van der Waals surface area (Å²) in [5.41, 5.74) is 0. The molecule has 0 aromatic carbocycles. The molecule has 1 aliphatic heterocycles. The van der Waals surface area contributed by atoms with E-state index in [1.165, 1.54) is 19.3 Å². The van der Waals surface area contributed by atoms with E-state index in [0.29, 0.717) is 6.61 Å². The summed E-state index contributed by atoms with van der Waals surface area (Å²) in [6, 6.07) is 0. The molecule has 1 atom stereocenters. The van der Waals surface area contributed by atoms with Crippen LogP contribution in [0.1, 0.15) is 46.0 Å². The van der Waals surface area contributed by atoms with E-state index in [-0.39, 0.29) is 11.9 Å². The summed E-state index contributed by atoms with van der Waals surface area (Å²) >= 11 is 0. The van der Waals surface area contributed by atoms with Crippen LogP contribution in [-0.2, 0) is 9.53 Å². The van der Waals surface area contributed by atoms with Crippen LogP contribution in [0.3, 0.4) is 0 Å². The minimum absolute atomic E-state index is 0.00249. The van der Waals surface area contributed by atoms with Gasteiger partial charge in [0.25, 0.3) is 0 Å². The Bertz CT molecular complexity index is 206. The van der Waals surface area contributed by atoms with Gasteiger partial charge < -0.3 is 9.64 Å². The third-order valence-corrected chi connectivity index (χ3v) is 3.20. The van der Waals surface area contributed by atoms with Gasteiger partial charge in [-0.05, 0) is 39.3 Å². The van der Waals surface area contributed by atoms with Crippen LogP contribution in [0.25, 0.3) is 0 Å². The van der Waals surface area contributed by atoms with E-state index < -0.39 is 0 Å². The zero-order chi connectivity index (χ0) is 11.8. The van der Waals surface area contributed by atoms with Gasteiger partial charge in [0, 0.05) is 6.54 Å². The molecule has 1 unspecified atom stereocenters. The van der Waals surface area contributed by atoms with E-state index in [2.05, 4.69) is 11.8 Å². The average molecular weight is 227 g/mol. The zero-order valence-electron chi connectivity index (χ0n) is 10.7. The van der Waals surface area contributed by atoms with Gasteiger partial charge in [-0.2, -0.15) is 0 Å². The van der Waals surface area contributed by atoms with Gasteiger partial charge in [-0.25, -0.2) is 0 Å². The summed E-state index contributed by atoms with van der Waals surface area (Å²) in [4.78, 5) is 14.0. The van der Waals surface area contributed by atoms with Crippen LogP contribution < -0.4 is 0 Å². The third kappa shape index (κ3) is 4.52. The highest BCUT2D eigenvalue weighted by molar-refractivity contribution is 5.72. The Morgan fingerprint density at radius 3 is 2.88 bits per heavy atom. The Balaban J connectivity index is 2.26. The van der Waals surface area contributed by atoms with Crippen molar-refractivity contribution >= 4 is 5.97 Å². The molecule has 0 bridgehead atoms. The third-order valence-electron chi connectivity index (χ3n) is 3.20. The first-order valence-electron chi connectivity index (χ1n) is 6.66. The SMILES string of the molecule is CCCCCN1CCCC(C(=O)OCC)C1. The van der Waals surface area contributed by atoms with E-state index in [1.54, 1.807) is 0 Å². The van der Waals surface area contributed by atoms with Crippen LogP contribution in [0.5, 0.6) is 0 Å². The molecule has 3 nitrogen and oxygen atoms in total. The van der Waals surface area contributed by atoms with Gasteiger partial charge >= 0.3 is 5.97 Å². The van der Waals surface area contributed by atoms with Crippen molar-refractivity contribution in [2.45, 2.75) is 46.0 Å². The number of hydrogen-bond donors (Lipinski definition) is 0. The molecular weight excluding hydrogens is 202 g/mol. The van der Waals surface area contributed by atoms with E-state index >= 15 is 0 Å². The fourth-order valence-electron chi connectivity index (χ4n) is 2.30. The van der Waals surface area contributed by atoms with Gasteiger partial charge in [-0.15, -0.1) is 0 Å². The predicted molar refractivity (Wildman–Crippen MR) is 65.3 cm³/mol. The number of hydrogen-bond acceptors (Lipinski definition) is 3. The number of nitrogens with zero attached hydrogens (tertiary/aromatic N) is 1. The average Bonchev–Trinajstić information content (AvgIpc) is 2.30. The molecule has 1 aliphatic rings. The lowest BCUT2D eigenvalue weighted by molar-refractivity contribution is -0.149. The van der Waals surface area contributed by atoms with E-state index in [4.69, 9.17) is 4.74 Å². The normalized spacial score (nSPS) is 22.0. The lowest BCUT2D eigenvalue weighted by Gasteiger charge is -2.31. The van der Waals surface area contributed by atoms with Crippen LogP contribution in [-0.4, -0.2) is 37.1 Å². The highest BCUT2D eigenvalue weighted by Gasteiger charge is 2.26. The van der Waals surface area contributed by atoms with Crippen LogP contribution >= 0.6 is 0 Å². The van der Waals surface area contributed by atoms with Gasteiger partial charge in [0.05, 0.1) is 12.5 Å². The second-order valence-electron chi connectivity index (χ2n) is 4.60. The lowest BCUT2D eigenvalue weighted by Crippen LogP contribution is -2.39. The Labute approximate surface area is 99.1 Å². The van der Waals surface area contributed by atoms with Crippen molar-refractivity contribution in [3.63, 3.8) is 0 Å². The number of unbranched alkanes of at least 4 members (excludes halogenated alkanes) is 2. The molecule has 0 saturated carbocycles. The van der Waals surface area contributed by atoms with Crippen molar-refractivity contribution in [3.05, 3.63) is 0 Å². The lowest BCUT2D eigenvalue weighted by atomic mass is 9.98. The van der Waals surface area contributed by atoms with Crippen molar-refractivity contribution in [1.82, 2.24) is 4.90 Å². The number of rotatable bonds is 6. The van der Waals surface area contributed by atoms with Gasteiger partial charge in [-0.1, -0.05) is 19.8 Å². The molecule has 94 valence electrons. The minimum atomic E-state index is 0.00249. The molecule has 1 fully saturated rings. The van der Waals surface area contributed by atoms with Gasteiger partial charge in [0.1, 0.15) is 0 Å². The maximum absolute atomic E-state index is 11.6. The second kappa shape index (κ2) is 7.66. The Hall–Kier alpha value is -0.570. The van der Waals surface area contributed by atoms with Crippen LogP contribution in [0.4, 0.5) is 0 Å². The minimum Gasteiger partial charge on any atom is -0.466 e. The number of carbonyl (C=O) groups excluding carboxylic acids is 1. The van der Waals surface area contributed by atoms with Crippen molar-refractivity contribution < 1.29 is 9.53 Å². The molecule has 0 amide bonds. The Kier molecular flexibility index (Phi) is 6.46. The van der Waals surface area contributed by atoms with Crippen molar-refractivity contribution in [2.24, 2.45) is 5.92 Å². The summed E-state index contributed by atoms with van der Waals surface area (Å²) in [7, 11) is 0. The zero-order valence-corrected chi connectivity index (χ0v) is 10.7. The number of carbonyl (C=O) groups is 1. The number of ether oxygens (including phenoxy) is 1. The Morgan fingerprint density at radius 2 is 2.19 bits per heavy atom. The van der Waals surface area contributed by atoms with Crippen LogP contribution in [0, 0.1) is 5.92 Å². The number of piperidine rings is 1. The molecule has 0 aliphatic carbocycles. The first-order chi connectivity index (χ1) is 7.77. The summed E-state index contributed by atoms with van der Waals surface area (Å²) in [6.07, 6.45) is 5.94. The summed E-state index contributed by atoms with van der Waals surface area (Å²) in [5, 5.41) is 0. The van der Waals surface area contributed by atoms with Gasteiger partial charge in [-0.3, -0.25) is 4.79 Å². The van der Waals surface area contributed by atoms with Crippen molar-refractivity contribution in [3.8, 4) is 0 Å². The quantitative estimate of drug-likeness (QED) is 0.515. The standard InChI is InChI=1S/C13H25NO2/c1-3-5-6-9-14-10-7-8-12(11-14)13(15)16-4-2/h12H,3-11H2,1-2H3. The first-order valence-corrected chi connectivity index (χ1v) is 6.66. The molecule has 0 aromatic rings. The smallest absolute Gasteiger partial charge is 0.310 e. The van der Waals surface area contributed by atoms with Crippen molar-refractivity contribution in [2.75, 3.05) is 26.2 Å². The van der Waals surface area contributed by atoms with Crippen molar-refractivity contribution in [1.29, 1.82) is 0 Å². The van der Waals surface area contributed by atoms with Crippen LogP contribution in [0.15, 0.2) is 0 Å². The molecule has 1 saturated heterocycles. The molecule has 3 heteroatoms. The topological polar surface area (TPSA) is 29.5 Å². The fraction of sp³-hybridized carbons (Fsp3) is 0.923. The summed E-state index contributed by atoms with van der Waals surface area (Å²) < 4.78 is 5.09. The van der Waals surface area contributed by atoms with Gasteiger partial charge in [0.2, 0.25) is 0 Å². The van der Waals surface area contributed by atoms with Gasteiger partial charge in [0.15, 0.2) is 0 Å². The highest BCUT2D eigenvalue weighted by atomic mass is 16.5. The molecule has 0 spiro atoms. The first kappa shape index (κ1) is 13.5. The van der Waals surface area contributed by atoms with E-state index in [9.17, 15) is 4.79 Å². The molecule has 0 radical (unpaired) electrons. The molecule has 0 N–H and O–H groups in total. The number of likely N-dealkylation sites (tertiary alicyclic amines) is 1. The molecule has 16 heavy (non-hydrogen) atoms. The van der Waals surface area contributed by atoms with Crippen LogP contribution in [0.2, 0.25) is 0 Å².